The highest BCUT2D eigenvalue weighted by Crippen LogP contribution is 2.27. The maximum Gasteiger partial charge on any atom is 0.356 e. The predicted octanol–water partition coefficient (Wildman–Crippen LogP) is 0.738. The molecule has 1 atom stereocenters. The second kappa shape index (κ2) is 7.09. The average molecular weight is 362 g/mol. The molecule has 1 aromatic heterocycles. The number of fused-ring (bicyclic) bond motifs is 1. The smallest absolute Gasteiger partial charge is 0.356 e. The van der Waals surface area contributed by atoms with Crippen molar-refractivity contribution in [3.63, 3.8) is 0 Å². The van der Waals surface area contributed by atoms with E-state index in [-0.39, 0.29) is 36.8 Å². The Kier molecular flexibility index (Phi) is 5.02. The van der Waals surface area contributed by atoms with E-state index in [1.807, 2.05) is 13.8 Å². The first-order chi connectivity index (χ1) is 12.3. The minimum Gasteiger partial charge on any atom is -0.461 e. The highest BCUT2D eigenvalue weighted by molar-refractivity contribution is 5.91. The lowest BCUT2D eigenvalue weighted by atomic mass is 10.0. The van der Waals surface area contributed by atoms with Crippen LogP contribution in [0.1, 0.15) is 48.9 Å². The molecule has 26 heavy (non-hydrogen) atoms. The lowest BCUT2D eigenvalue weighted by molar-refractivity contribution is -0.136. The van der Waals surface area contributed by atoms with Gasteiger partial charge in [-0.3, -0.25) is 14.3 Å². The van der Waals surface area contributed by atoms with E-state index >= 15 is 0 Å². The molecule has 1 unspecified atom stereocenters. The highest BCUT2D eigenvalue weighted by atomic mass is 16.5. The molecular weight excluding hydrogens is 336 g/mol. The van der Waals surface area contributed by atoms with E-state index < -0.39 is 5.97 Å². The standard InChI is InChI=1S/C18H26N4O4/c1-5-26-18(25)16-13-10-21(7-6-14(13)19-20(16)4)17(24)12-8-15(23)22(9-12)11(2)3/h11-12H,5-10H2,1-4H3. The molecule has 0 saturated carbocycles. The Morgan fingerprint density at radius 1 is 1.35 bits per heavy atom. The number of carbonyl (C=O) groups is 3. The summed E-state index contributed by atoms with van der Waals surface area (Å²) in [7, 11) is 1.72. The van der Waals surface area contributed by atoms with Crippen molar-refractivity contribution in [1.82, 2.24) is 19.6 Å². The lowest BCUT2D eigenvalue weighted by Crippen LogP contribution is -2.41. The molecule has 0 radical (unpaired) electrons. The fourth-order valence-corrected chi connectivity index (χ4v) is 3.80. The van der Waals surface area contributed by atoms with Gasteiger partial charge in [0.05, 0.1) is 18.2 Å². The maximum atomic E-state index is 12.9. The van der Waals surface area contributed by atoms with Crippen molar-refractivity contribution in [1.29, 1.82) is 0 Å². The summed E-state index contributed by atoms with van der Waals surface area (Å²) in [5, 5.41) is 4.41. The average Bonchev–Trinajstić information content (AvgIpc) is 3.13. The molecule has 0 aliphatic carbocycles. The first-order valence-electron chi connectivity index (χ1n) is 9.13. The zero-order chi connectivity index (χ0) is 19.0. The van der Waals surface area contributed by atoms with Crippen molar-refractivity contribution in [2.75, 3.05) is 19.7 Å². The van der Waals surface area contributed by atoms with Crippen LogP contribution in [0.15, 0.2) is 0 Å². The number of nitrogens with zero attached hydrogens (tertiary/aromatic N) is 4. The summed E-state index contributed by atoms with van der Waals surface area (Å²) in [4.78, 5) is 40.8. The van der Waals surface area contributed by atoms with Crippen molar-refractivity contribution < 1.29 is 19.1 Å². The third kappa shape index (κ3) is 3.20. The summed E-state index contributed by atoms with van der Waals surface area (Å²) in [5.74, 6) is -0.718. The molecule has 8 nitrogen and oxygen atoms in total. The molecule has 0 spiro atoms. The molecule has 2 aliphatic rings. The van der Waals surface area contributed by atoms with Gasteiger partial charge in [-0.25, -0.2) is 4.79 Å². The van der Waals surface area contributed by atoms with E-state index in [2.05, 4.69) is 5.10 Å². The molecule has 0 aromatic carbocycles. The van der Waals surface area contributed by atoms with Gasteiger partial charge in [0.1, 0.15) is 0 Å². The molecule has 0 N–H and O–H groups in total. The number of aryl methyl sites for hydroxylation is 1. The fraction of sp³-hybridized carbons (Fsp3) is 0.667. The van der Waals surface area contributed by atoms with Crippen molar-refractivity contribution in [2.24, 2.45) is 13.0 Å². The summed E-state index contributed by atoms with van der Waals surface area (Å²) in [6, 6.07) is 0.0991. The summed E-state index contributed by atoms with van der Waals surface area (Å²) in [5.41, 5.74) is 2.01. The van der Waals surface area contributed by atoms with E-state index in [1.165, 1.54) is 4.68 Å². The zero-order valence-corrected chi connectivity index (χ0v) is 15.8. The molecule has 0 bridgehead atoms. The predicted molar refractivity (Wildman–Crippen MR) is 93.2 cm³/mol. The third-order valence-corrected chi connectivity index (χ3v) is 5.11. The van der Waals surface area contributed by atoms with Crippen LogP contribution in [0, 0.1) is 5.92 Å². The van der Waals surface area contributed by atoms with Crippen LogP contribution >= 0.6 is 0 Å². The van der Waals surface area contributed by atoms with Gasteiger partial charge in [-0.1, -0.05) is 0 Å². The van der Waals surface area contributed by atoms with Gasteiger partial charge in [0.2, 0.25) is 11.8 Å². The van der Waals surface area contributed by atoms with E-state index in [0.29, 0.717) is 31.7 Å². The number of amides is 2. The van der Waals surface area contributed by atoms with Gasteiger partial charge in [0.15, 0.2) is 5.69 Å². The second-order valence-electron chi connectivity index (χ2n) is 7.17. The lowest BCUT2D eigenvalue weighted by Gasteiger charge is -2.29. The Morgan fingerprint density at radius 2 is 2.08 bits per heavy atom. The number of ether oxygens (including phenoxy) is 1. The number of hydrogen-bond acceptors (Lipinski definition) is 5. The van der Waals surface area contributed by atoms with Gasteiger partial charge in [-0.2, -0.15) is 5.10 Å². The van der Waals surface area contributed by atoms with Crippen molar-refractivity contribution in [3.05, 3.63) is 17.0 Å². The third-order valence-electron chi connectivity index (χ3n) is 5.11. The molecule has 2 amide bonds. The highest BCUT2D eigenvalue weighted by Gasteiger charge is 2.39. The van der Waals surface area contributed by atoms with Crippen molar-refractivity contribution in [2.45, 2.75) is 46.2 Å². The van der Waals surface area contributed by atoms with Gasteiger partial charge in [-0.05, 0) is 20.8 Å². The first kappa shape index (κ1) is 18.4. The first-order valence-corrected chi connectivity index (χ1v) is 9.13. The molecule has 1 aromatic rings. The van der Waals surface area contributed by atoms with Crippen LogP contribution in [-0.2, 0) is 34.3 Å². The van der Waals surface area contributed by atoms with Crippen LogP contribution in [0.5, 0.6) is 0 Å². The Hall–Kier alpha value is -2.38. The summed E-state index contributed by atoms with van der Waals surface area (Å²) in [6.07, 6.45) is 0.862. The fourth-order valence-electron chi connectivity index (χ4n) is 3.80. The van der Waals surface area contributed by atoms with E-state index in [4.69, 9.17) is 4.74 Å². The summed E-state index contributed by atoms with van der Waals surface area (Å²) < 4.78 is 6.67. The number of aromatic nitrogens is 2. The maximum absolute atomic E-state index is 12.9. The van der Waals surface area contributed by atoms with E-state index in [1.54, 1.807) is 23.8 Å². The quantitative estimate of drug-likeness (QED) is 0.738. The molecule has 3 heterocycles. The van der Waals surface area contributed by atoms with Crippen molar-refractivity contribution in [3.8, 4) is 0 Å². The van der Waals surface area contributed by atoms with E-state index in [0.717, 1.165) is 11.3 Å². The van der Waals surface area contributed by atoms with Gasteiger partial charge in [0, 0.05) is 51.1 Å². The van der Waals surface area contributed by atoms with Crippen molar-refractivity contribution >= 4 is 17.8 Å². The van der Waals surface area contributed by atoms with Gasteiger partial charge in [-0.15, -0.1) is 0 Å². The molecule has 142 valence electrons. The van der Waals surface area contributed by atoms with E-state index in [9.17, 15) is 14.4 Å². The number of rotatable bonds is 4. The summed E-state index contributed by atoms with van der Waals surface area (Å²) in [6.45, 7) is 7.32. The molecule has 8 heteroatoms. The van der Waals surface area contributed by atoms with Gasteiger partial charge < -0.3 is 14.5 Å². The number of hydrogen-bond donors (Lipinski definition) is 0. The van der Waals surface area contributed by atoms with Crippen LogP contribution in [0.2, 0.25) is 0 Å². The Bertz CT molecular complexity index is 740. The topological polar surface area (TPSA) is 84.7 Å². The number of esters is 1. The zero-order valence-electron chi connectivity index (χ0n) is 15.8. The molecule has 2 aliphatic heterocycles. The number of likely N-dealkylation sites (tertiary alicyclic amines) is 1. The second-order valence-corrected chi connectivity index (χ2v) is 7.17. The monoisotopic (exact) mass is 362 g/mol. The Morgan fingerprint density at radius 3 is 2.69 bits per heavy atom. The number of carbonyl (C=O) groups excluding carboxylic acids is 3. The molecule has 1 fully saturated rings. The molecular formula is C18H26N4O4. The minimum absolute atomic E-state index is 0.0224. The molecule has 1 saturated heterocycles. The Balaban J connectivity index is 1.77. The van der Waals surface area contributed by atoms with Crippen LogP contribution in [0.25, 0.3) is 0 Å². The molecule has 3 rings (SSSR count). The van der Waals surface area contributed by atoms with Gasteiger partial charge >= 0.3 is 5.97 Å². The normalized spacial score (nSPS) is 19.9. The minimum atomic E-state index is -0.417. The largest absolute Gasteiger partial charge is 0.461 e. The van der Waals surface area contributed by atoms with Crippen LogP contribution in [0.3, 0.4) is 0 Å². The van der Waals surface area contributed by atoms with Crippen LogP contribution in [-0.4, -0.2) is 63.1 Å². The summed E-state index contributed by atoms with van der Waals surface area (Å²) >= 11 is 0. The van der Waals surface area contributed by atoms with Crippen LogP contribution < -0.4 is 0 Å². The van der Waals surface area contributed by atoms with Gasteiger partial charge in [0.25, 0.3) is 0 Å². The van der Waals surface area contributed by atoms with Crippen LogP contribution in [0.4, 0.5) is 0 Å². The SMILES string of the molecule is CCOC(=O)c1c2c(nn1C)CCN(C(=O)C1CC(=O)N(C(C)C)C1)C2. The Labute approximate surface area is 153 Å².